The number of hydrogen-bond donors (Lipinski definition) is 0. The Kier molecular flexibility index (Phi) is 4.99. The Morgan fingerprint density at radius 3 is 2.41 bits per heavy atom. The van der Waals surface area contributed by atoms with Crippen molar-refractivity contribution >= 4 is 51.7 Å². The first kappa shape index (κ1) is 19.0. The minimum absolute atomic E-state index is 0.0707. The van der Waals surface area contributed by atoms with Crippen LogP contribution in [0.15, 0.2) is 70.0 Å². The standard InChI is InChI=1S/C20H11FN2O4S2/c21-13-3-1-12(2-4-13)17-10-9-16(27-17)11-18-19(24)22(20(28)29-18)14-5-7-15(8-6-14)23(25)26/h1-11H. The van der Waals surface area contributed by atoms with Crippen LogP contribution in [0.25, 0.3) is 17.4 Å². The highest BCUT2D eigenvalue weighted by molar-refractivity contribution is 8.27. The molecule has 2 aromatic carbocycles. The van der Waals surface area contributed by atoms with Gasteiger partial charge < -0.3 is 4.42 Å². The molecule has 3 aromatic rings. The summed E-state index contributed by atoms with van der Waals surface area (Å²) < 4.78 is 19.1. The summed E-state index contributed by atoms with van der Waals surface area (Å²) in [4.78, 5) is 24.8. The maximum atomic E-state index is 13.1. The zero-order valence-electron chi connectivity index (χ0n) is 14.6. The van der Waals surface area contributed by atoms with Gasteiger partial charge in [-0.2, -0.15) is 0 Å². The molecule has 1 saturated heterocycles. The molecule has 1 aliphatic heterocycles. The lowest BCUT2D eigenvalue weighted by Gasteiger charge is -2.13. The van der Waals surface area contributed by atoms with Crippen LogP contribution in [-0.4, -0.2) is 15.2 Å². The zero-order chi connectivity index (χ0) is 20.5. The van der Waals surface area contributed by atoms with E-state index in [2.05, 4.69) is 0 Å². The number of amides is 1. The number of furan rings is 1. The van der Waals surface area contributed by atoms with Crippen molar-refractivity contribution in [2.24, 2.45) is 0 Å². The van der Waals surface area contributed by atoms with Gasteiger partial charge in [-0.3, -0.25) is 19.8 Å². The highest BCUT2D eigenvalue weighted by Gasteiger charge is 2.33. The van der Waals surface area contributed by atoms with Crippen LogP contribution in [0.3, 0.4) is 0 Å². The number of carbonyl (C=O) groups is 1. The third-order valence-electron chi connectivity index (χ3n) is 4.14. The molecule has 0 atom stereocenters. The Labute approximate surface area is 173 Å². The molecule has 29 heavy (non-hydrogen) atoms. The molecule has 0 radical (unpaired) electrons. The van der Waals surface area contributed by atoms with E-state index in [1.807, 2.05) is 0 Å². The van der Waals surface area contributed by atoms with Gasteiger partial charge in [0.15, 0.2) is 4.32 Å². The van der Waals surface area contributed by atoms with Crippen molar-refractivity contribution in [3.8, 4) is 11.3 Å². The summed E-state index contributed by atoms with van der Waals surface area (Å²) in [5.74, 6) is 0.319. The normalized spacial score (nSPS) is 15.3. The molecule has 9 heteroatoms. The maximum absolute atomic E-state index is 13.1. The third-order valence-corrected chi connectivity index (χ3v) is 5.44. The van der Waals surface area contributed by atoms with E-state index in [4.69, 9.17) is 16.6 Å². The highest BCUT2D eigenvalue weighted by Crippen LogP contribution is 2.37. The Morgan fingerprint density at radius 1 is 1.07 bits per heavy atom. The van der Waals surface area contributed by atoms with Gasteiger partial charge in [0.25, 0.3) is 11.6 Å². The lowest BCUT2D eigenvalue weighted by Crippen LogP contribution is -2.27. The lowest BCUT2D eigenvalue weighted by atomic mass is 10.2. The number of thiocarbonyl (C=S) groups is 1. The Morgan fingerprint density at radius 2 is 1.76 bits per heavy atom. The van der Waals surface area contributed by atoms with Gasteiger partial charge in [0.1, 0.15) is 17.3 Å². The second-order valence-electron chi connectivity index (χ2n) is 6.00. The molecule has 1 aliphatic rings. The number of halogens is 1. The van der Waals surface area contributed by atoms with Gasteiger partial charge in [-0.25, -0.2) is 4.39 Å². The van der Waals surface area contributed by atoms with Crippen LogP contribution in [0, 0.1) is 15.9 Å². The first-order valence-corrected chi connectivity index (χ1v) is 9.53. The molecule has 2 heterocycles. The number of benzene rings is 2. The number of non-ortho nitro benzene ring substituents is 1. The van der Waals surface area contributed by atoms with Crippen molar-refractivity contribution in [1.29, 1.82) is 0 Å². The summed E-state index contributed by atoms with van der Waals surface area (Å²) in [6, 6.07) is 14.9. The fourth-order valence-electron chi connectivity index (χ4n) is 2.74. The monoisotopic (exact) mass is 426 g/mol. The second-order valence-corrected chi connectivity index (χ2v) is 7.68. The summed E-state index contributed by atoms with van der Waals surface area (Å²) in [6.45, 7) is 0. The van der Waals surface area contributed by atoms with Crippen molar-refractivity contribution in [2.75, 3.05) is 4.90 Å². The first-order valence-electron chi connectivity index (χ1n) is 8.30. The quantitative estimate of drug-likeness (QED) is 0.241. The summed E-state index contributed by atoms with van der Waals surface area (Å²) in [7, 11) is 0. The number of nitro benzene ring substituents is 1. The van der Waals surface area contributed by atoms with E-state index in [9.17, 15) is 19.3 Å². The molecule has 144 valence electrons. The number of thioether (sulfide) groups is 1. The fraction of sp³-hybridized carbons (Fsp3) is 0. The summed E-state index contributed by atoms with van der Waals surface area (Å²) >= 11 is 6.41. The predicted octanol–water partition coefficient (Wildman–Crippen LogP) is 5.40. The summed E-state index contributed by atoms with van der Waals surface area (Å²) in [6.07, 6.45) is 1.58. The molecule has 0 aliphatic carbocycles. The van der Waals surface area contributed by atoms with Gasteiger partial charge in [-0.05, 0) is 48.5 Å². The van der Waals surface area contributed by atoms with Crippen molar-refractivity contribution in [2.45, 2.75) is 0 Å². The minimum Gasteiger partial charge on any atom is -0.457 e. The van der Waals surface area contributed by atoms with E-state index in [1.54, 1.807) is 30.3 Å². The van der Waals surface area contributed by atoms with Crippen LogP contribution < -0.4 is 4.90 Å². The van der Waals surface area contributed by atoms with E-state index in [1.165, 1.54) is 41.3 Å². The van der Waals surface area contributed by atoms with Gasteiger partial charge in [0.05, 0.1) is 15.5 Å². The SMILES string of the molecule is O=C1C(=Cc2ccc(-c3ccc(F)cc3)o2)SC(=S)N1c1ccc([N+](=O)[O-])cc1. The average Bonchev–Trinajstić information content (AvgIpc) is 3.27. The predicted molar refractivity (Wildman–Crippen MR) is 113 cm³/mol. The van der Waals surface area contributed by atoms with E-state index in [0.717, 1.165) is 11.8 Å². The van der Waals surface area contributed by atoms with E-state index in [-0.39, 0.29) is 17.4 Å². The van der Waals surface area contributed by atoms with Crippen LogP contribution >= 0.6 is 24.0 Å². The molecule has 1 aromatic heterocycles. The van der Waals surface area contributed by atoms with Crippen LogP contribution in [0.2, 0.25) is 0 Å². The molecular weight excluding hydrogens is 415 g/mol. The number of nitro groups is 1. The van der Waals surface area contributed by atoms with Gasteiger partial charge in [-0.1, -0.05) is 24.0 Å². The Bertz CT molecular complexity index is 1150. The van der Waals surface area contributed by atoms with E-state index < -0.39 is 4.92 Å². The molecule has 0 bridgehead atoms. The van der Waals surface area contributed by atoms with Gasteiger partial charge in [0.2, 0.25) is 0 Å². The van der Waals surface area contributed by atoms with Crippen LogP contribution in [0.4, 0.5) is 15.8 Å². The highest BCUT2D eigenvalue weighted by atomic mass is 32.2. The molecular formula is C20H11FN2O4S2. The molecule has 1 fully saturated rings. The van der Waals surface area contributed by atoms with Crippen molar-refractivity contribution in [1.82, 2.24) is 0 Å². The number of rotatable bonds is 4. The van der Waals surface area contributed by atoms with Crippen molar-refractivity contribution < 1.29 is 18.5 Å². The van der Waals surface area contributed by atoms with Crippen molar-refractivity contribution in [3.05, 3.63) is 87.3 Å². The Hall–Kier alpha value is -3.30. The number of carbonyl (C=O) groups excluding carboxylic acids is 1. The second kappa shape index (κ2) is 7.61. The largest absolute Gasteiger partial charge is 0.457 e. The van der Waals surface area contributed by atoms with Gasteiger partial charge in [-0.15, -0.1) is 0 Å². The number of hydrogen-bond acceptors (Lipinski definition) is 6. The smallest absolute Gasteiger partial charge is 0.270 e. The number of anilines is 1. The molecule has 0 unspecified atom stereocenters. The lowest BCUT2D eigenvalue weighted by molar-refractivity contribution is -0.384. The molecule has 6 nitrogen and oxygen atoms in total. The topological polar surface area (TPSA) is 76.6 Å². The third kappa shape index (κ3) is 3.82. The van der Waals surface area contributed by atoms with Crippen molar-refractivity contribution in [3.63, 3.8) is 0 Å². The van der Waals surface area contributed by atoms with Crippen LogP contribution in [0.1, 0.15) is 5.76 Å². The van der Waals surface area contributed by atoms with Crippen LogP contribution in [-0.2, 0) is 4.79 Å². The summed E-state index contributed by atoms with van der Waals surface area (Å²) in [5.41, 5.74) is 1.09. The van der Waals surface area contributed by atoms with Gasteiger partial charge >= 0.3 is 0 Å². The Balaban J connectivity index is 1.58. The number of nitrogens with zero attached hydrogens (tertiary/aromatic N) is 2. The fourth-order valence-corrected chi connectivity index (χ4v) is 4.02. The summed E-state index contributed by atoms with van der Waals surface area (Å²) in [5, 5.41) is 10.8. The molecule has 0 saturated carbocycles. The van der Waals surface area contributed by atoms with E-state index in [0.29, 0.717) is 32.0 Å². The molecule has 4 rings (SSSR count). The average molecular weight is 426 g/mol. The molecule has 0 spiro atoms. The molecule has 1 amide bonds. The van der Waals surface area contributed by atoms with E-state index >= 15 is 0 Å². The van der Waals surface area contributed by atoms with Crippen LogP contribution in [0.5, 0.6) is 0 Å². The van der Waals surface area contributed by atoms with Gasteiger partial charge in [0, 0.05) is 23.8 Å². The molecule has 0 N–H and O–H groups in total. The zero-order valence-corrected chi connectivity index (χ0v) is 16.2. The first-order chi connectivity index (χ1) is 13.9. The maximum Gasteiger partial charge on any atom is 0.270 e. The minimum atomic E-state index is -0.510.